The topological polar surface area (TPSA) is 122 Å². The Kier molecular flexibility index (Phi) is 5.23. The van der Waals surface area contributed by atoms with Gasteiger partial charge in [0.1, 0.15) is 6.04 Å². The van der Waals surface area contributed by atoms with Gasteiger partial charge < -0.3 is 16.2 Å². The van der Waals surface area contributed by atoms with Gasteiger partial charge in [0.2, 0.25) is 5.91 Å². The number of aliphatic carboxylic acids is 1. The Bertz CT molecular complexity index is 319. The molecule has 0 aliphatic heterocycles. The number of carbonyl (C=O) groups is 3. The monoisotopic (exact) mass is 261 g/mol. The van der Waals surface area contributed by atoms with Gasteiger partial charge >= 0.3 is 12.0 Å². The minimum absolute atomic E-state index is 0.0130. The van der Waals surface area contributed by atoms with Crippen molar-refractivity contribution in [3.05, 3.63) is 0 Å². The van der Waals surface area contributed by atoms with Gasteiger partial charge in [0, 0.05) is 11.8 Å². The molecule has 1 atom stereocenters. The number of thioether (sulfide) groups is 1. The van der Waals surface area contributed by atoms with Crippen molar-refractivity contribution in [3.63, 3.8) is 0 Å². The summed E-state index contributed by atoms with van der Waals surface area (Å²) in [5, 5.41) is 13.3. The van der Waals surface area contributed by atoms with Crippen molar-refractivity contribution in [3.8, 4) is 0 Å². The zero-order valence-corrected chi connectivity index (χ0v) is 9.96. The summed E-state index contributed by atoms with van der Waals surface area (Å²) in [6.45, 7) is 0. The van der Waals surface area contributed by atoms with Crippen LogP contribution in [0.15, 0.2) is 0 Å². The highest BCUT2D eigenvalue weighted by atomic mass is 32.2. The van der Waals surface area contributed by atoms with Crippen LogP contribution in [0.4, 0.5) is 4.79 Å². The number of hydrogen-bond acceptors (Lipinski definition) is 5. The van der Waals surface area contributed by atoms with E-state index < -0.39 is 23.9 Å². The lowest BCUT2D eigenvalue weighted by Crippen LogP contribution is -2.41. The van der Waals surface area contributed by atoms with E-state index in [9.17, 15) is 14.4 Å². The maximum Gasteiger partial charge on any atom is 0.321 e. The molecular formula is C9H15N3O4S. The Hall–Kier alpha value is -1.28. The zero-order chi connectivity index (χ0) is 12.8. The molecule has 0 spiro atoms. The van der Waals surface area contributed by atoms with Crippen molar-refractivity contribution in [2.24, 2.45) is 5.73 Å². The molecule has 5 N–H and O–H groups in total. The second-order valence-corrected chi connectivity index (χ2v) is 4.79. The lowest BCUT2D eigenvalue weighted by Gasteiger charge is -2.07. The lowest BCUT2D eigenvalue weighted by atomic mass is 10.4. The molecule has 1 aliphatic carbocycles. The van der Waals surface area contributed by atoms with Gasteiger partial charge in [-0.05, 0) is 12.8 Å². The van der Waals surface area contributed by atoms with E-state index >= 15 is 0 Å². The summed E-state index contributed by atoms with van der Waals surface area (Å²) >= 11 is 1.08. The van der Waals surface area contributed by atoms with E-state index in [1.165, 1.54) is 0 Å². The van der Waals surface area contributed by atoms with Crippen LogP contribution >= 0.6 is 11.8 Å². The summed E-state index contributed by atoms with van der Waals surface area (Å²) in [4.78, 5) is 32.7. The molecule has 0 heterocycles. The zero-order valence-electron chi connectivity index (χ0n) is 9.14. The summed E-state index contributed by atoms with van der Waals surface area (Å²) in [7, 11) is 0. The molecule has 8 heteroatoms. The predicted molar refractivity (Wildman–Crippen MR) is 62.6 cm³/mol. The Morgan fingerprint density at radius 2 is 2.06 bits per heavy atom. The summed E-state index contributed by atoms with van der Waals surface area (Å²) in [6, 6.07) is -1.30. The normalized spacial score (nSPS) is 16.1. The van der Waals surface area contributed by atoms with Gasteiger partial charge in [0.05, 0.1) is 5.75 Å². The second-order valence-electron chi connectivity index (χ2n) is 3.76. The highest BCUT2D eigenvalue weighted by Gasteiger charge is 2.23. The van der Waals surface area contributed by atoms with Gasteiger partial charge in [0.15, 0.2) is 0 Å². The molecule has 1 rings (SSSR count). The summed E-state index contributed by atoms with van der Waals surface area (Å²) < 4.78 is 0. The quantitative estimate of drug-likeness (QED) is 0.492. The maximum absolute atomic E-state index is 11.2. The van der Waals surface area contributed by atoms with E-state index in [-0.39, 0.29) is 17.5 Å². The number of carbonyl (C=O) groups excluding carboxylic acids is 2. The van der Waals surface area contributed by atoms with Crippen molar-refractivity contribution in [1.29, 1.82) is 0 Å². The smallest absolute Gasteiger partial charge is 0.321 e. The molecule has 0 radical (unpaired) electrons. The van der Waals surface area contributed by atoms with Crippen LogP contribution in [0.1, 0.15) is 12.8 Å². The highest BCUT2D eigenvalue weighted by molar-refractivity contribution is 8.00. The van der Waals surface area contributed by atoms with Crippen LogP contribution < -0.4 is 16.4 Å². The predicted octanol–water partition coefficient (Wildman–Crippen LogP) is -0.880. The Labute approximate surface area is 102 Å². The maximum atomic E-state index is 11.2. The first-order chi connectivity index (χ1) is 7.99. The van der Waals surface area contributed by atoms with Crippen LogP contribution in [0, 0.1) is 0 Å². The van der Waals surface area contributed by atoms with Crippen molar-refractivity contribution in [2.45, 2.75) is 24.9 Å². The van der Waals surface area contributed by atoms with E-state index in [2.05, 4.69) is 10.6 Å². The van der Waals surface area contributed by atoms with E-state index in [1.54, 1.807) is 0 Å². The molecule has 1 fully saturated rings. The fourth-order valence-electron chi connectivity index (χ4n) is 0.962. The van der Waals surface area contributed by atoms with Crippen LogP contribution in [0.2, 0.25) is 0 Å². The molecule has 96 valence electrons. The summed E-state index contributed by atoms with van der Waals surface area (Å²) in [5.74, 6) is -1.42. The molecular weight excluding hydrogens is 246 g/mol. The first-order valence-corrected chi connectivity index (χ1v) is 6.31. The fourth-order valence-corrected chi connectivity index (χ4v) is 1.73. The number of carboxylic acids is 1. The molecule has 3 amide bonds. The molecule has 0 aromatic heterocycles. The molecule has 0 bridgehead atoms. The van der Waals surface area contributed by atoms with Crippen LogP contribution in [0.5, 0.6) is 0 Å². The lowest BCUT2D eigenvalue weighted by molar-refractivity contribution is -0.138. The molecule has 17 heavy (non-hydrogen) atoms. The number of hydrogen-bond donors (Lipinski definition) is 4. The number of amides is 3. The number of urea groups is 1. The number of imide groups is 1. The molecule has 1 saturated carbocycles. The number of nitrogens with two attached hydrogens (primary N) is 1. The minimum atomic E-state index is -1.11. The molecule has 0 saturated heterocycles. The number of nitrogens with one attached hydrogen (secondary N) is 2. The summed E-state index contributed by atoms with van der Waals surface area (Å²) in [5.41, 5.74) is 5.25. The molecule has 0 aromatic carbocycles. The van der Waals surface area contributed by atoms with Gasteiger partial charge in [0.25, 0.3) is 0 Å². The molecule has 7 nitrogen and oxygen atoms in total. The van der Waals surface area contributed by atoms with Gasteiger partial charge in [-0.3, -0.25) is 14.9 Å². The van der Waals surface area contributed by atoms with Crippen LogP contribution in [-0.4, -0.2) is 46.6 Å². The Morgan fingerprint density at radius 1 is 1.41 bits per heavy atom. The average molecular weight is 261 g/mol. The van der Waals surface area contributed by atoms with Crippen LogP contribution in [-0.2, 0) is 9.59 Å². The third kappa shape index (κ3) is 6.12. The van der Waals surface area contributed by atoms with E-state index in [1.807, 2.05) is 0 Å². The van der Waals surface area contributed by atoms with Crippen LogP contribution in [0.25, 0.3) is 0 Å². The number of rotatable bonds is 6. The third-order valence-corrected chi connectivity index (χ3v) is 3.07. The van der Waals surface area contributed by atoms with Gasteiger partial charge in [-0.1, -0.05) is 0 Å². The molecule has 0 unspecified atom stereocenters. The molecule has 0 aromatic rings. The SMILES string of the molecule is N[C@@H](CSCC(=O)NC(=O)NC1CC1)C(=O)O. The van der Waals surface area contributed by atoms with Crippen molar-refractivity contribution in [2.75, 3.05) is 11.5 Å². The minimum Gasteiger partial charge on any atom is -0.480 e. The van der Waals surface area contributed by atoms with Gasteiger partial charge in [-0.2, -0.15) is 0 Å². The first-order valence-electron chi connectivity index (χ1n) is 5.15. The Morgan fingerprint density at radius 3 is 2.59 bits per heavy atom. The Balaban J connectivity index is 2.07. The average Bonchev–Trinajstić information content (AvgIpc) is 3.00. The van der Waals surface area contributed by atoms with Crippen LogP contribution in [0.3, 0.4) is 0 Å². The van der Waals surface area contributed by atoms with Gasteiger partial charge in [-0.25, -0.2) is 4.79 Å². The molecule has 1 aliphatic rings. The largest absolute Gasteiger partial charge is 0.480 e. The second kappa shape index (κ2) is 6.45. The van der Waals surface area contributed by atoms with E-state index in [0.29, 0.717) is 0 Å². The third-order valence-electron chi connectivity index (χ3n) is 2.01. The van der Waals surface area contributed by atoms with E-state index in [4.69, 9.17) is 10.8 Å². The van der Waals surface area contributed by atoms with Crippen molar-refractivity contribution < 1.29 is 19.5 Å². The summed E-state index contributed by atoms with van der Waals surface area (Å²) in [6.07, 6.45) is 1.90. The van der Waals surface area contributed by atoms with Crippen molar-refractivity contribution >= 4 is 29.7 Å². The van der Waals surface area contributed by atoms with Gasteiger partial charge in [-0.15, -0.1) is 11.8 Å². The van der Waals surface area contributed by atoms with E-state index in [0.717, 1.165) is 24.6 Å². The standard InChI is InChI=1S/C9H15N3O4S/c10-6(8(14)15)3-17-4-7(13)12-9(16)11-5-1-2-5/h5-6H,1-4,10H2,(H,14,15)(H2,11,12,13,16)/t6-/m0/s1. The first kappa shape index (κ1) is 13.8. The fraction of sp³-hybridized carbons (Fsp3) is 0.667. The number of carboxylic acid groups (broad SMARTS) is 1. The van der Waals surface area contributed by atoms with Crippen molar-refractivity contribution in [1.82, 2.24) is 10.6 Å². The highest BCUT2D eigenvalue weighted by Crippen LogP contribution is 2.18.